The summed E-state index contributed by atoms with van der Waals surface area (Å²) in [5.74, 6) is -0.178. The van der Waals surface area contributed by atoms with Crippen molar-refractivity contribution in [2.75, 3.05) is 0 Å². The minimum atomic E-state index is -0.178. The Kier molecular flexibility index (Phi) is 3.89. The van der Waals surface area contributed by atoms with Gasteiger partial charge in [0, 0.05) is 11.8 Å². The lowest BCUT2D eigenvalue weighted by atomic mass is 10.1. The number of nitriles is 1. The van der Waals surface area contributed by atoms with Gasteiger partial charge in [0.15, 0.2) is 0 Å². The quantitative estimate of drug-likeness (QED) is 0.911. The third kappa shape index (κ3) is 3.17. The summed E-state index contributed by atoms with van der Waals surface area (Å²) in [4.78, 5) is 16.2. The number of pyridine rings is 1. The Morgan fingerprint density at radius 2 is 2.00 bits per heavy atom. The predicted octanol–water partition coefficient (Wildman–Crippen LogP) is 2.44. The number of amides is 1. The van der Waals surface area contributed by atoms with Crippen LogP contribution in [0.25, 0.3) is 0 Å². The zero-order valence-corrected chi connectivity index (χ0v) is 10.5. The lowest BCUT2D eigenvalue weighted by Gasteiger charge is -2.13. The van der Waals surface area contributed by atoms with Crippen LogP contribution in [-0.4, -0.2) is 10.9 Å². The lowest BCUT2D eigenvalue weighted by Crippen LogP contribution is -2.27. The fourth-order valence-corrected chi connectivity index (χ4v) is 1.68. The maximum atomic E-state index is 12.0. The van der Waals surface area contributed by atoms with E-state index in [1.54, 1.807) is 30.5 Å². The van der Waals surface area contributed by atoms with E-state index < -0.39 is 0 Å². The molecule has 94 valence electrons. The molecule has 0 saturated carbocycles. The average Bonchev–Trinajstić information content (AvgIpc) is 2.48. The van der Waals surface area contributed by atoms with Gasteiger partial charge < -0.3 is 5.32 Å². The lowest BCUT2D eigenvalue weighted by molar-refractivity contribution is 0.0939. The van der Waals surface area contributed by atoms with Crippen molar-refractivity contribution in [1.29, 1.82) is 5.26 Å². The molecule has 1 aromatic carbocycles. The fourth-order valence-electron chi connectivity index (χ4n) is 1.68. The van der Waals surface area contributed by atoms with Gasteiger partial charge >= 0.3 is 0 Å². The number of hydrogen-bond donors (Lipinski definition) is 1. The van der Waals surface area contributed by atoms with Crippen molar-refractivity contribution in [3.63, 3.8) is 0 Å². The van der Waals surface area contributed by atoms with E-state index in [0.717, 1.165) is 5.69 Å². The molecule has 0 aliphatic heterocycles. The summed E-state index contributed by atoms with van der Waals surface area (Å²) in [6.07, 6.45) is 1.69. The van der Waals surface area contributed by atoms with Crippen LogP contribution in [0.1, 0.15) is 34.6 Å². The molecule has 1 heterocycles. The van der Waals surface area contributed by atoms with Crippen LogP contribution >= 0.6 is 0 Å². The summed E-state index contributed by atoms with van der Waals surface area (Å²) in [5, 5.41) is 11.6. The van der Waals surface area contributed by atoms with Crippen molar-refractivity contribution < 1.29 is 4.79 Å². The summed E-state index contributed by atoms with van der Waals surface area (Å²) in [6, 6.07) is 14.0. The summed E-state index contributed by atoms with van der Waals surface area (Å²) in [5.41, 5.74) is 1.88. The second kappa shape index (κ2) is 5.78. The minimum absolute atomic E-state index is 0.163. The fraction of sp³-hybridized carbons (Fsp3) is 0.133. The molecule has 0 bridgehead atoms. The Hall–Kier alpha value is -2.67. The van der Waals surface area contributed by atoms with E-state index in [1.165, 1.54) is 0 Å². The number of aromatic nitrogens is 1. The van der Waals surface area contributed by atoms with Crippen LogP contribution in [0.2, 0.25) is 0 Å². The zero-order chi connectivity index (χ0) is 13.7. The van der Waals surface area contributed by atoms with Crippen LogP contribution in [0.15, 0.2) is 48.7 Å². The van der Waals surface area contributed by atoms with Crippen LogP contribution in [0.3, 0.4) is 0 Å². The standard InChI is InChI=1S/C15H13N3O/c1-11(14-4-2-3-9-17-14)18-15(19)13-7-5-12(10-16)6-8-13/h2-9,11H,1H3,(H,18,19)/t11-/m0/s1. The highest BCUT2D eigenvalue weighted by atomic mass is 16.1. The first kappa shape index (κ1) is 12.8. The van der Waals surface area contributed by atoms with Crippen molar-refractivity contribution in [3.8, 4) is 6.07 Å². The van der Waals surface area contributed by atoms with Crippen molar-refractivity contribution in [2.45, 2.75) is 13.0 Å². The molecule has 2 aromatic rings. The predicted molar refractivity (Wildman–Crippen MR) is 71.3 cm³/mol. The van der Waals surface area contributed by atoms with Crippen LogP contribution < -0.4 is 5.32 Å². The molecule has 0 aliphatic carbocycles. The number of hydrogen-bond acceptors (Lipinski definition) is 3. The van der Waals surface area contributed by atoms with Gasteiger partial charge in [-0.25, -0.2) is 0 Å². The molecule has 1 atom stereocenters. The second-order valence-electron chi connectivity index (χ2n) is 4.14. The van der Waals surface area contributed by atoms with Crippen LogP contribution in [0, 0.1) is 11.3 Å². The van der Waals surface area contributed by atoms with E-state index in [1.807, 2.05) is 31.2 Å². The molecule has 1 amide bonds. The largest absolute Gasteiger partial charge is 0.344 e. The number of carbonyl (C=O) groups excluding carboxylic acids is 1. The number of carbonyl (C=O) groups is 1. The molecule has 0 spiro atoms. The van der Waals surface area contributed by atoms with Crippen LogP contribution in [-0.2, 0) is 0 Å². The molecular formula is C15H13N3O. The third-order valence-corrected chi connectivity index (χ3v) is 2.76. The molecule has 19 heavy (non-hydrogen) atoms. The van der Waals surface area contributed by atoms with Crippen LogP contribution in [0.4, 0.5) is 0 Å². The van der Waals surface area contributed by atoms with Crippen LogP contribution in [0.5, 0.6) is 0 Å². The Bertz CT molecular complexity index is 600. The molecule has 0 saturated heterocycles. The summed E-state index contributed by atoms with van der Waals surface area (Å²) in [6.45, 7) is 1.88. The third-order valence-electron chi connectivity index (χ3n) is 2.76. The zero-order valence-electron chi connectivity index (χ0n) is 10.5. The molecule has 1 aromatic heterocycles. The molecular weight excluding hydrogens is 238 g/mol. The van der Waals surface area contributed by atoms with E-state index >= 15 is 0 Å². The summed E-state index contributed by atoms with van der Waals surface area (Å²) >= 11 is 0. The summed E-state index contributed by atoms with van der Waals surface area (Å²) < 4.78 is 0. The molecule has 0 aliphatic rings. The number of rotatable bonds is 3. The van der Waals surface area contributed by atoms with Gasteiger partial charge in [-0.15, -0.1) is 0 Å². The highest BCUT2D eigenvalue weighted by molar-refractivity contribution is 5.94. The van der Waals surface area contributed by atoms with Gasteiger partial charge in [-0.2, -0.15) is 5.26 Å². The van der Waals surface area contributed by atoms with Crippen molar-refractivity contribution >= 4 is 5.91 Å². The van der Waals surface area contributed by atoms with Gasteiger partial charge in [0.1, 0.15) is 0 Å². The number of nitrogens with one attached hydrogen (secondary N) is 1. The molecule has 2 rings (SSSR count). The summed E-state index contributed by atoms with van der Waals surface area (Å²) in [7, 11) is 0. The van der Waals surface area contributed by atoms with Gasteiger partial charge in [-0.05, 0) is 43.3 Å². The Morgan fingerprint density at radius 3 is 2.58 bits per heavy atom. The van der Waals surface area contributed by atoms with Gasteiger partial charge in [0.25, 0.3) is 5.91 Å². The Labute approximate surface area is 111 Å². The Morgan fingerprint density at radius 1 is 1.26 bits per heavy atom. The topological polar surface area (TPSA) is 65.8 Å². The molecule has 1 N–H and O–H groups in total. The second-order valence-corrected chi connectivity index (χ2v) is 4.14. The molecule has 0 unspecified atom stereocenters. The maximum absolute atomic E-state index is 12.0. The minimum Gasteiger partial charge on any atom is -0.344 e. The average molecular weight is 251 g/mol. The van der Waals surface area contributed by atoms with Crippen molar-refractivity contribution in [1.82, 2.24) is 10.3 Å². The van der Waals surface area contributed by atoms with Crippen molar-refractivity contribution in [3.05, 3.63) is 65.5 Å². The van der Waals surface area contributed by atoms with E-state index in [0.29, 0.717) is 11.1 Å². The SMILES string of the molecule is C[C@H](NC(=O)c1ccc(C#N)cc1)c1ccccn1. The highest BCUT2D eigenvalue weighted by Gasteiger charge is 2.11. The molecule has 0 radical (unpaired) electrons. The van der Waals surface area contributed by atoms with Gasteiger partial charge in [0.2, 0.25) is 0 Å². The first-order valence-electron chi connectivity index (χ1n) is 5.92. The first-order chi connectivity index (χ1) is 9.20. The Balaban J connectivity index is 2.06. The number of nitrogens with zero attached hydrogens (tertiary/aromatic N) is 2. The normalized spacial score (nSPS) is 11.4. The van der Waals surface area contributed by atoms with E-state index in [-0.39, 0.29) is 11.9 Å². The molecule has 4 heteroatoms. The maximum Gasteiger partial charge on any atom is 0.251 e. The van der Waals surface area contributed by atoms with E-state index in [2.05, 4.69) is 10.3 Å². The van der Waals surface area contributed by atoms with E-state index in [9.17, 15) is 4.79 Å². The molecule has 0 fully saturated rings. The van der Waals surface area contributed by atoms with Gasteiger partial charge in [-0.3, -0.25) is 9.78 Å². The highest BCUT2D eigenvalue weighted by Crippen LogP contribution is 2.10. The van der Waals surface area contributed by atoms with Crippen molar-refractivity contribution in [2.24, 2.45) is 0 Å². The van der Waals surface area contributed by atoms with Gasteiger partial charge in [0.05, 0.1) is 23.4 Å². The number of benzene rings is 1. The molecule has 4 nitrogen and oxygen atoms in total. The monoisotopic (exact) mass is 251 g/mol. The van der Waals surface area contributed by atoms with E-state index in [4.69, 9.17) is 5.26 Å². The first-order valence-corrected chi connectivity index (χ1v) is 5.92. The smallest absolute Gasteiger partial charge is 0.251 e. The van der Waals surface area contributed by atoms with Gasteiger partial charge in [-0.1, -0.05) is 6.07 Å².